The fourth-order valence-electron chi connectivity index (χ4n) is 2.40. The molecule has 0 spiro atoms. The van der Waals surface area contributed by atoms with Crippen LogP contribution in [0, 0.1) is 0 Å². The quantitative estimate of drug-likeness (QED) is 0.617. The molecule has 2 aromatic carbocycles. The second kappa shape index (κ2) is 8.03. The van der Waals surface area contributed by atoms with Gasteiger partial charge in [-0.1, -0.05) is 0 Å². The van der Waals surface area contributed by atoms with Gasteiger partial charge in [0.1, 0.15) is 17.3 Å². The number of anilines is 4. The standard InChI is InChI=1S/C19H17F3N4O2/c1-27-14-7-8-15(16(11-14)28-2)25-17-9-10-23-18(26-17)24-13-5-3-12(4-6-13)19(20,21)22/h3-11H,1-2H3,(H2,23,24,25,26). The first-order valence-corrected chi connectivity index (χ1v) is 8.15. The molecule has 0 radical (unpaired) electrons. The summed E-state index contributed by atoms with van der Waals surface area (Å²) in [6, 6.07) is 11.6. The molecule has 3 aromatic rings. The molecule has 2 N–H and O–H groups in total. The van der Waals surface area contributed by atoms with Crippen molar-refractivity contribution in [1.82, 2.24) is 9.97 Å². The van der Waals surface area contributed by atoms with Crippen molar-refractivity contribution < 1.29 is 22.6 Å². The maximum atomic E-state index is 12.6. The summed E-state index contributed by atoms with van der Waals surface area (Å²) in [5, 5.41) is 5.98. The van der Waals surface area contributed by atoms with Crippen LogP contribution in [0.2, 0.25) is 0 Å². The number of benzene rings is 2. The van der Waals surface area contributed by atoms with E-state index < -0.39 is 11.7 Å². The van der Waals surface area contributed by atoms with Crippen LogP contribution in [0.4, 0.5) is 36.3 Å². The zero-order valence-electron chi connectivity index (χ0n) is 15.0. The molecule has 6 nitrogen and oxygen atoms in total. The monoisotopic (exact) mass is 390 g/mol. The Morgan fingerprint density at radius 3 is 2.29 bits per heavy atom. The van der Waals surface area contributed by atoms with Crippen molar-refractivity contribution in [1.29, 1.82) is 0 Å². The van der Waals surface area contributed by atoms with Gasteiger partial charge in [-0.05, 0) is 42.5 Å². The van der Waals surface area contributed by atoms with Crippen molar-refractivity contribution in [3.05, 3.63) is 60.3 Å². The van der Waals surface area contributed by atoms with Crippen LogP contribution >= 0.6 is 0 Å². The summed E-state index contributed by atoms with van der Waals surface area (Å²) in [5.41, 5.74) is 0.385. The first-order valence-electron chi connectivity index (χ1n) is 8.15. The Hall–Kier alpha value is -3.49. The number of halogens is 3. The average Bonchev–Trinajstić information content (AvgIpc) is 2.68. The number of nitrogens with zero attached hydrogens (tertiary/aromatic N) is 2. The van der Waals surface area contributed by atoms with E-state index in [1.807, 2.05) is 0 Å². The van der Waals surface area contributed by atoms with Crippen molar-refractivity contribution in [2.24, 2.45) is 0 Å². The first kappa shape index (κ1) is 19.3. The molecule has 0 saturated carbocycles. The number of methoxy groups -OCH3 is 2. The lowest BCUT2D eigenvalue weighted by Gasteiger charge is -2.13. The molecule has 0 atom stereocenters. The van der Waals surface area contributed by atoms with Crippen LogP contribution in [-0.2, 0) is 6.18 Å². The third kappa shape index (κ3) is 4.61. The molecule has 0 bridgehead atoms. The number of nitrogens with one attached hydrogen (secondary N) is 2. The largest absolute Gasteiger partial charge is 0.497 e. The van der Waals surface area contributed by atoms with Crippen LogP contribution in [0.5, 0.6) is 11.5 Å². The molecule has 1 heterocycles. The summed E-state index contributed by atoms with van der Waals surface area (Å²) in [7, 11) is 3.10. The van der Waals surface area contributed by atoms with E-state index in [9.17, 15) is 13.2 Å². The van der Waals surface area contributed by atoms with Crippen molar-refractivity contribution >= 4 is 23.1 Å². The van der Waals surface area contributed by atoms with Crippen molar-refractivity contribution in [3.63, 3.8) is 0 Å². The van der Waals surface area contributed by atoms with Crippen LogP contribution in [0.3, 0.4) is 0 Å². The minimum absolute atomic E-state index is 0.234. The summed E-state index contributed by atoms with van der Waals surface area (Å²) in [5.74, 6) is 1.93. The highest BCUT2D eigenvalue weighted by atomic mass is 19.4. The van der Waals surface area contributed by atoms with Gasteiger partial charge >= 0.3 is 6.18 Å². The third-order valence-corrected chi connectivity index (χ3v) is 3.80. The molecular weight excluding hydrogens is 373 g/mol. The Labute approximate surface area is 159 Å². The number of rotatable bonds is 6. The molecule has 0 fully saturated rings. The van der Waals surface area contributed by atoms with Gasteiger partial charge in [-0.2, -0.15) is 18.2 Å². The van der Waals surface area contributed by atoms with Crippen LogP contribution in [0.1, 0.15) is 5.56 Å². The maximum absolute atomic E-state index is 12.6. The molecule has 3 rings (SSSR count). The van der Waals surface area contributed by atoms with E-state index in [-0.39, 0.29) is 5.95 Å². The van der Waals surface area contributed by atoms with Gasteiger partial charge in [-0.3, -0.25) is 0 Å². The van der Waals surface area contributed by atoms with Crippen LogP contribution in [-0.4, -0.2) is 24.2 Å². The predicted molar refractivity (Wildman–Crippen MR) is 99.6 cm³/mol. The average molecular weight is 390 g/mol. The molecule has 0 aliphatic rings. The Bertz CT molecular complexity index is 947. The van der Waals surface area contributed by atoms with Gasteiger partial charge in [-0.15, -0.1) is 0 Å². The highest BCUT2D eigenvalue weighted by molar-refractivity contribution is 5.66. The van der Waals surface area contributed by atoms with Gasteiger partial charge in [0.25, 0.3) is 0 Å². The molecule has 1 aromatic heterocycles. The zero-order valence-corrected chi connectivity index (χ0v) is 15.0. The molecule has 0 saturated heterocycles. The fourth-order valence-corrected chi connectivity index (χ4v) is 2.40. The van der Waals surface area contributed by atoms with E-state index >= 15 is 0 Å². The summed E-state index contributed by atoms with van der Waals surface area (Å²) in [6.07, 6.45) is -2.85. The van der Waals surface area contributed by atoms with Gasteiger partial charge in [0.05, 0.1) is 25.5 Å². The molecule has 0 aliphatic carbocycles. The Morgan fingerprint density at radius 1 is 0.893 bits per heavy atom. The maximum Gasteiger partial charge on any atom is 0.416 e. The summed E-state index contributed by atoms with van der Waals surface area (Å²) >= 11 is 0. The van der Waals surface area contributed by atoms with E-state index in [2.05, 4.69) is 20.6 Å². The number of hydrogen-bond acceptors (Lipinski definition) is 6. The first-order chi connectivity index (χ1) is 13.4. The van der Waals surface area contributed by atoms with Gasteiger partial charge in [0, 0.05) is 18.0 Å². The Kier molecular flexibility index (Phi) is 5.53. The minimum Gasteiger partial charge on any atom is -0.497 e. The molecular formula is C19H17F3N4O2. The summed E-state index contributed by atoms with van der Waals surface area (Å²) < 4.78 is 48.4. The van der Waals surface area contributed by atoms with Gasteiger partial charge in [0.2, 0.25) is 5.95 Å². The topological polar surface area (TPSA) is 68.3 Å². The lowest BCUT2D eigenvalue weighted by Crippen LogP contribution is -2.05. The molecule has 146 valence electrons. The molecule has 0 aliphatic heterocycles. The van der Waals surface area contributed by atoms with Gasteiger partial charge in [-0.25, -0.2) is 4.98 Å². The fraction of sp³-hybridized carbons (Fsp3) is 0.158. The minimum atomic E-state index is -4.38. The molecule has 28 heavy (non-hydrogen) atoms. The number of hydrogen-bond donors (Lipinski definition) is 2. The van der Waals surface area contributed by atoms with Crippen LogP contribution < -0.4 is 20.1 Å². The lowest BCUT2D eigenvalue weighted by molar-refractivity contribution is -0.137. The number of ether oxygens (including phenoxy) is 2. The predicted octanol–water partition coefficient (Wildman–Crippen LogP) is 5.00. The van der Waals surface area contributed by atoms with Gasteiger partial charge < -0.3 is 20.1 Å². The molecule has 0 unspecified atom stereocenters. The molecule has 0 amide bonds. The van der Waals surface area contributed by atoms with E-state index in [0.29, 0.717) is 28.7 Å². The smallest absolute Gasteiger partial charge is 0.416 e. The van der Waals surface area contributed by atoms with E-state index in [1.165, 1.54) is 25.4 Å². The zero-order chi connectivity index (χ0) is 20.1. The van der Waals surface area contributed by atoms with Gasteiger partial charge in [0.15, 0.2) is 0 Å². The second-order valence-corrected chi connectivity index (χ2v) is 5.66. The van der Waals surface area contributed by atoms with Crippen molar-refractivity contribution in [2.75, 3.05) is 24.9 Å². The van der Waals surface area contributed by atoms with E-state index in [4.69, 9.17) is 9.47 Å². The van der Waals surface area contributed by atoms with Crippen LogP contribution in [0.25, 0.3) is 0 Å². The number of aromatic nitrogens is 2. The Balaban J connectivity index is 1.76. The van der Waals surface area contributed by atoms with Crippen LogP contribution in [0.15, 0.2) is 54.7 Å². The Morgan fingerprint density at radius 2 is 1.64 bits per heavy atom. The summed E-state index contributed by atoms with van der Waals surface area (Å²) in [4.78, 5) is 8.39. The van der Waals surface area contributed by atoms with E-state index in [0.717, 1.165) is 12.1 Å². The third-order valence-electron chi connectivity index (χ3n) is 3.80. The SMILES string of the molecule is COc1ccc(Nc2ccnc(Nc3ccc(C(F)(F)F)cc3)n2)c(OC)c1. The highest BCUT2D eigenvalue weighted by Gasteiger charge is 2.29. The molecule has 9 heteroatoms. The lowest BCUT2D eigenvalue weighted by atomic mass is 10.2. The highest BCUT2D eigenvalue weighted by Crippen LogP contribution is 2.32. The van der Waals surface area contributed by atoms with Crippen molar-refractivity contribution in [2.45, 2.75) is 6.18 Å². The van der Waals surface area contributed by atoms with E-state index in [1.54, 1.807) is 31.4 Å². The second-order valence-electron chi connectivity index (χ2n) is 5.66. The number of alkyl halides is 3. The van der Waals surface area contributed by atoms with Crippen molar-refractivity contribution in [3.8, 4) is 11.5 Å². The normalized spacial score (nSPS) is 11.0. The summed E-state index contributed by atoms with van der Waals surface area (Å²) in [6.45, 7) is 0.